The molecular formula is C15H22N4. The van der Waals surface area contributed by atoms with Crippen molar-refractivity contribution in [3.8, 4) is 11.4 Å². The highest BCUT2D eigenvalue weighted by molar-refractivity contribution is 5.55. The maximum atomic E-state index is 5.56. The zero-order chi connectivity index (χ0) is 13.8. The Kier molecular flexibility index (Phi) is 4.32. The van der Waals surface area contributed by atoms with Gasteiger partial charge in [0.05, 0.1) is 0 Å². The van der Waals surface area contributed by atoms with Crippen LogP contribution in [0.15, 0.2) is 24.3 Å². The van der Waals surface area contributed by atoms with E-state index in [2.05, 4.69) is 48.2 Å². The fraction of sp³-hybridized carbons (Fsp3) is 0.467. The summed E-state index contributed by atoms with van der Waals surface area (Å²) >= 11 is 0. The maximum absolute atomic E-state index is 5.56. The minimum Gasteiger partial charge on any atom is -0.330 e. The molecule has 2 rings (SSSR count). The highest BCUT2D eigenvalue weighted by Crippen LogP contribution is 2.22. The molecule has 2 N–H and O–H groups in total. The van der Waals surface area contributed by atoms with Gasteiger partial charge in [0, 0.05) is 19.0 Å². The SMILES string of the molecule is CCC(C)c1ccc(-c2nc(CCN)n(C)n2)cc1. The molecule has 0 aliphatic rings. The van der Waals surface area contributed by atoms with Gasteiger partial charge in [-0.25, -0.2) is 4.98 Å². The van der Waals surface area contributed by atoms with Crippen molar-refractivity contribution in [2.75, 3.05) is 6.54 Å². The molecule has 0 aliphatic heterocycles. The van der Waals surface area contributed by atoms with Gasteiger partial charge in [-0.2, -0.15) is 5.10 Å². The van der Waals surface area contributed by atoms with Crippen molar-refractivity contribution in [2.45, 2.75) is 32.6 Å². The van der Waals surface area contributed by atoms with Crippen molar-refractivity contribution < 1.29 is 0 Å². The first-order valence-corrected chi connectivity index (χ1v) is 6.86. The van der Waals surface area contributed by atoms with Crippen LogP contribution in [0.25, 0.3) is 11.4 Å². The van der Waals surface area contributed by atoms with Crippen LogP contribution in [0, 0.1) is 0 Å². The summed E-state index contributed by atoms with van der Waals surface area (Å²) in [5, 5.41) is 4.44. The van der Waals surface area contributed by atoms with Crippen LogP contribution < -0.4 is 5.73 Å². The number of aromatic nitrogens is 3. The Morgan fingerprint density at radius 1 is 1.26 bits per heavy atom. The topological polar surface area (TPSA) is 56.7 Å². The van der Waals surface area contributed by atoms with E-state index in [0.717, 1.165) is 30.1 Å². The lowest BCUT2D eigenvalue weighted by atomic mass is 9.97. The summed E-state index contributed by atoms with van der Waals surface area (Å²) in [5.41, 5.74) is 7.99. The Bertz CT molecular complexity index is 528. The number of hydrogen-bond donors (Lipinski definition) is 1. The van der Waals surface area contributed by atoms with Crippen molar-refractivity contribution in [3.05, 3.63) is 35.7 Å². The summed E-state index contributed by atoms with van der Waals surface area (Å²) in [4.78, 5) is 4.54. The minimum absolute atomic E-state index is 0.596. The number of aryl methyl sites for hydroxylation is 1. The lowest BCUT2D eigenvalue weighted by Crippen LogP contribution is -2.08. The number of nitrogens with zero attached hydrogens (tertiary/aromatic N) is 3. The smallest absolute Gasteiger partial charge is 0.181 e. The Labute approximate surface area is 114 Å². The standard InChI is InChI=1S/C15H22N4/c1-4-11(2)12-5-7-13(8-6-12)15-17-14(9-10-16)19(3)18-15/h5-8,11H,4,9-10,16H2,1-3H3. The van der Waals surface area contributed by atoms with Gasteiger partial charge < -0.3 is 5.73 Å². The van der Waals surface area contributed by atoms with E-state index in [1.807, 2.05) is 11.7 Å². The molecule has 0 aliphatic carbocycles. The molecule has 19 heavy (non-hydrogen) atoms. The maximum Gasteiger partial charge on any atom is 0.181 e. The normalized spacial score (nSPS) is 12.6. The molecule has 0 fully saturated rings. The average Bonchev–Trinajstić information content (AvgIpc) is 2.80. The first kappa shape index (κ1) is 13.7. The summed E-state index contributed by atoms with van der Waals surface area (Å²) < 4.78 is 1.81. The van der Waals surface area contributed by atoms with E-state index in [1.165, 1.54) is 5.56 Å². The van der Waals surface area contributed by atoms with E-state index in [4.69, 9.17) is 5.73 Å². The molecular weight excluding hydrogens is 236 g/mol. The van der Waals surface area contributed by atoms with Gasteiger partial charge in [-0.3, -0.25) is 4.68 Å². The van der Waals surface area contributed by atoms with E-state index >= 15 is 0 Å². The Morgan fingerprint density at radius 2 is 1.95 bits per heavy atom. The molecule has 102 valence electrons. The summed E-state index contributed by atoms with van der Waals surface area (Å²) in [6.07, 6.45) is 1.91. The molecule has 1 unspecified atom stereocenters. The van der Waals surface area contributed by atoms with Crippen LogP contribution in [0.1, 0.15) is 37.6 Å². The third-order valence-electron chi connectivity index (χ3n) is 3.57. The van der Waals surface area contributed by atoms with E-state index in [9.17, 15) is 0 Å². The molecule has 0 radical (unpaired) electrons. The first-order chi connectivity index (χ1) is 9.15. The average molecular weight is 258 g/mol. The molecule has 4 heteroatoms. The van der Waals surface area contributed by atoms with E-state index < -0.39 is 0 Å². The number of rotatable bonds is 5. The van der Waals surface area contributed by atoms with E-state index in [1.54, 1.807) is 0 Å². The molecule has 0 bridgehead atoms. The van der Waals surface area contributed by atoms with Gasteiger partial charge in [0.2, 0.25) is 0 Å². The van der Waals surface area contributed by atoms with Gasteiger partial charge in [-0.05, 0) is 24.4 Å². The quantitative estimate of drug-likeness (QED) is 0.896. The zero-order valence-electron chi connectivity index (χ0n) is 11.9. The van der Waals surface area contributed by atoms with Gasteiger partial charge in [-0.1, -0.05) is 38.1 Å². The predicted molar refractivity (Wildman–Crippen MR) is 77.9 cm³/mol. The van der Waals surface area contributed by atoms with Crippen molar-refractivity contribution in [2.24, 2.45) is 12.8 Å². The highest BCUT2D eigenvalue weighted by atomic mass is 15.3. The molecule has 0 saturated carbocycles. The monoisotopic (exact) mass is 258 g/mol. The van der Waals surface area contributed by atoms with Crippen LogP contribution in [0.3, 0.4) is 0 Å². The third-order valence-corrected chi connectivity index (χ3v) is 3.57. The molecule has 0 amide bonds. The lowest BCUT2D eigenvalue weighted by molar-refractivity contribution is 0.697. The Hall–Kier alpha value is -1.68. The largest absolute Gasteiger partial charge is 0.330 e. The third kappa shape index (κ3) is 3.01. The molecule has 1 heterocycles. The fourth-order valence-corrected chi connectivity index (χ4v) is 2.08. The van der Waals surface area contributed by atoms with Crippen LogP contribution in [0.4, 0.5) is 0 Å². The van der Waals surface area contributed by atoms with Crippen LogP contribution in [-0.2, 0) is 13.5 Å². The molecule has 1 atom stereocenters. The molecule has 4 nitrogen and oxygen atoms in total. The summed E-state index contributed by atoms with van der Waals surface area (Å²) in [7, 11) is 1.91. The fourth-order valence-electron chi connectivity index (χ4n) is 2.08. The number of hydrogen-bond acceptors (Lipinski definition) is 3. The molecule has 0 spiro atoms. The van der Waals surface area contributed by atoms with Gasteiger partial charge in [-0.15, -0.1) is 0 Å². The van der Waals surface area contributed by atoms with Crippen molar-refractivity contribution in [1.82, 2.24) is 14.8 Å². The van der Waals surface area contributed by atoms with Crippen LogP contribution in [0.5, 0.6) is 0 Å². The summed E-state index contributed by atoms with van der Waals surface area (Å²) in [5.74, 6) is 2.31. The predicted octanol–water partition coefficient (Wildman–Crippen LogP) is 2.50. The van der Waals surface area contributed by atoms with Crippen LogP contribution >= 0.6 is 0 Å². The van der Waals surface area contributed by atoms with E-state index in [-0.39, 0.29) is 0 Å². The van der Waals surface area contributed by atoms with Gasteiger partial charge in [0.15, 0.2) is 5.82 Å². The Morgan fingerprint density at radius 3 is 2.53 bits per heavy atom. The molecule has 2 aromatic rings. The number of nitrogens with two attached hydrogens (primary N) is 1. The molecule has 1 aromatic heterocycles. The second-order valence-electron chi connectivity index (χ2n) is 4.95. The molecule has 0 saturated heterocycles. The zero-order valence-corrected chi connectivity index (χ0v) is 11.9. The van der Waals surface area contributed by atoms with Crippen molar-refractivity contribution >= 4 is 0 Å². The minimum atomic E-state index is 0.596. The molecule has 1 aromatic carbocycles. The van der Waals surface area contributed by atoms with Gasteiger partial charge >= 0.3 is 0 Å². The van der Waals surface area contributed by atoms with Crippen LogP contribution in [-0.4, -0.2) is 21.3 Å². The lowest BCUT2D eigenvalue weighted by Gasteiger charge is -2.08. The van der Waals surface area contributed by atoms with Crippen LogP contribution in [0.2, 0.25) is 0 Å². The van der Waals surface area contributed by atoms with Crippen molar-refractivity contribution in [3.63, 3.8) is 0 Å². The van der Waals surface area contributed by atoms with Crippen molar-refractivity contribution in [1.29, 1.82) is 0 Å². The second-order valence-corrected chi connectivity index (χ2v) is 4.95. The highest BCUT2D eigenvalue weighted by Gasteiger charge is 2.09. The van der Waals surface area contributed by atoms with Gasteiger partial charge in [0.1, 0.15) is 5.82 Å². The summed E-state index contributed by atoms with van der Waals surface area (Å²) in [6, 6.07) is 8.54. The Balaban J connectivity index is 2.24. The van der Waals surface area contributed by atoms with E-state index in [0.29, 0.717) is 12.5 Å². The van der Waals surface area contributed by atoms with Gasteiger partial charge in [0.25, 0.3) is 0 Å². The summed E-state index contributed by atoms with van der Waals surface area (Å²) in [6.45, 7) is 5.05. The number of benzene rings is 1. The second kappa shape index (κ2) is 5.97. The first-order valence-electron chi connectivity index (χ1n) is 6.86.